The molecule has 6 aromatic heterocycles. The minimum absolute atomic E-state index is 0.664. The Labute approximate surface area is 321 Å². The van der Waals surface area contributed by atoms with Gasteiger partial charge in [0.2, 0.25) is 5.95 Å². The van der Waals surface area contributed by atoms with Gasteiger partial charge in [0.1, 0.15) is 0 Å². The average molecular weight is 730 g/mol. The van der Waals surface area contributed by atoms with Crippen LogP contribution in [0.2, 0.25) is 0 Å². The second-order valence-corrected chi connectivity index (χ2v) is 16.0. The van der Waals surface area contributed by atoms with Crippen molar-refractivity contribution in [3.05, 3.63) is 164 Å². The summed E-state index contributed by atoms with van der Waals surface area (Å²) in [5.41, 5.74) is 9.11. The van der Waals surface area contributed by atoms with Crippen molar-refractivity contribution in [3.8, 4) is 11.8 Å². The highest BCUT2D eigenvalue weighted by Crippen LogP contribution is 2.48. The van der Waals surface area contributed by atoms with E-state index in [1.165, 1.54) is 75.1 Å². The van der Waals surface area contributed by atoms with Crippen LogP contribution in [-0.2, 0) is 0 Å². The van der Waals surface area contributed by atoms with Crippen molar-refractivity contribution in [3.63, 3.8) is 0 Å². The Bertz CT molecular complexity index is 3960. The molecule has 6 heterocycles. The van der Waals surface area contributed by atoms with Crippen LogP contribution in [0, 0.1) is 0 Å². The SMILES string of the molecule is c1ccc2cc3c(cc2c1)c1c2c(cc4c5ccccc5n3c41)c1ccccc1n2-c1nc(-n2c3ccccc3c3ccccc32)c2sc3ccccc3c2n1. The molecular weight excluding hydrogens is 703 g/mol. The number of thiophene rings is 1. The van der Waals surface area contributed by atoms with Crippen LogP contribution in [0.4, 0.5) is 0 Å². The van der Waals surface area contributed by atoms with E-state index >= 15 is 0 Å². The molecule has 0 saturated carbocycles. The van der Waals surface area contributed by atoms with Crippen LogP contribution >= 0.6 is 11.3 Å². The van der Waals surface area contributed by atoms with Crippen molar-refractivity contribution >= 4 is 124 Å². The molecule has 0 N–H and O–H groups in total. The van der Waals surface area contributed by atoms with Crippen molar-refractivity contribution in [1.82, 2.24) is 23.5 Å². The van der Waals surface area contributed by atoms with Crippen LogP contribution in [0.5, 0.6) is 0 Å². The van der Waals surface area contributed by atoms with Crippen molar-refractivity contribution in [2.75, 3.05) is 0 Å². The van der Waals surface area contributed by atoms with Gasteiger partial charge < -0.3 is 4.40 Å². The summed E-state index contributed by atoms with van der Waals surface area (Å²) >= 11 is 1.77. The van der Waals surface area contributed by atoms with Crippen molar-refractivity contribution in [1.29, 1.82) is 0 Å². The van der Waals surface area contributed by atoms with E-state index in [9.17, 15) is 0 Å². The highest BCUT2D eigenvalue weighted by molar-refractivity contribution is 7.26. The first-order valence-corrected chi connectivity index (χ1v) is 19.8. The van der Waals surface area contributed by atoms with Gasteiger partial charge in [-0.2, -0.15) is 4.98 Å². The van der Waals surface area contributed by atoms with Crippen LogP contribution in [-0.4, -0.2) is 23.5 Å². The van der Waals surface area contributed by atoms with E-state index in [-0.39, 0.29) is 0 Å². The molecule has 8 aromatic carbocycles. The molecule has 258 valence electrons. The number of nitrogens with zero attached hydrogens (tertiary/aromatic N) is 5. The molecule has 0 aliphatic heterocycles. The van der Waals surface area contributed by atoms with E-state index in [1.807, 2.05) is 0 Å². The van der Waals surface area contributed by atoms with E-state index in [0.717, 1.165) is 43.5 Å². The minimum atomic E-state index is 0.664. The van der Waals surface area contributed by atoms with Gasteiger partial charge in [-0.25, -0.2) is 4.98 Å². The van der Waals surface area contributed by atoms with Crippen LogP contribution in [0.1, 0.15) is 0 Å². The Kier molecular flexibility index (Phi) is 5.34. The third kappa shape index (κ3) is 3.51. The van der Waals surface area contributed by atoms with Gasteiger partial charge in [-0.05, 0) is 59.3 Å². The molecule has 14 rings (SSSR count). The Morgan fingerprint density at radius 2 is 0.929 bits per heavy atom. The predicted octanol–water partition coefficient (Wildman–Crippen LogP) is 13.3. The fourth-order valence-electron chi connectivity index (χ4n) is 9.87. The number of para-hydroxylation sites is 4. The lowest BCUT2D eigenvalue weighted by molar-refractivity contribution is 0.978. The van der Waals surface area contributed by atoms with Gasteiger partial charge in [0.25, 0.3) is 0 Å². The Morgan fingerprint density at radius 1 is 0.393 bits per heavy atom. The third-order valence-electron chi connectivity index (χ3n) is 12.1. The molecule has 0 fully saturated rings. The Morgan fingerprint density at radius 3 is 1.64 bits per heavy atom. The molecule has 0 aliphatic carbocycles. The molecule has 0 amide bonds. The summed E-state index contributed by atoms with van der Waals surface area (Å²) in [5, 5.41) is 13.4. The number of hydrogen-bond acceptors (Lipinski definition) is 3. The fraction of sp³-hybridized carbons (Fsp3) is 0. The highest BCUT2D eigenvalue weighted by atomic mass is 32.1. The molecule has 0 saturated heterocycles. The molecule has 0 unspecified atom stereocenters. The summed E-state index contributed by atoms with van der Waals surface area (Å²) in [6.07, 6.45) is 0. The van der Waals surface area contributed by atoms with E-state index in [2.05, 4.69) is 177 Å². The molecule has 0 radical (unpaired) electrons. The molecule has 14 aromatic rings. The first kappa shape index (κ1) is 29.1. The zero-order valence-corrected chi connectivity index (χ0v) is 30.5. The molecule has 0 atom stereocenters. The molecule has 56 heavy (non-hydrogen) atoms. The van der Waals surface area contributed by atoms with Crippen LogP contribution in [0.25, 0.3) is 125 Å². The molecule has 6 heteroatoms. The number of hydrogen-bond donors (Lipinski definition) is 0. The quantitative estimate of drug-likeness (QED) is 0.178. The van der Waals surface area contributed by atoms with Crippen LogP contribution in [0.15, 0.2) is 164 Å². The normalized spacial score (nSPS) is 12.6. The highest BCUT2D eigenvalue weighted by Gasteiger charge is 2.27. The minimum Gasteiger partial charge on any atom is -0.308 e. The number of benzene rings is 8. The molecule has 0 spiro atoms. The summed E-state index contributed by atoms with van der Waals surface area (Å²) < 4.78 is 9.48. The molecule has 0 aliphatic rings. The third-order valence-corrected chi connectivity index (χ3v) is 13.3. The van der Waals surface area contributed by atoms with Crippen LogP contribution < -0.4 is 0 Å². The number of rotatable bonds is 2. The van der Waals surface area contributed by atoms with E-state index in [0.29, 0.717) is 5.95 Å². The van der Waals surface area contributed by atoms with Gasteiger partial charge in [0.05, 0.1) is 48.8 Å². The van der Waals surface area contributed by atoms with Gasteiger partial charge in [-0.3, -0.25) is 9.13 Å². The van der Waals surface area contributed by atoms with Gasteiger partial charge in [-0.1, -0.05) is 115 Å². The van der Waals surface area contributed by atoms with Crippen molar-refractivity contribution < 1.29 is 0 Å². The lowest BCUT2D eigenvalue weighted by Crippen LogP contribution is -2.06. The maximum Gasteiger partial charge on any atom is 0.237 e. The lowest BCUT2D eigenvalue weighted by Gasteiger charge is -2.13. The van der Waals surface area contributed by atoms with Crippen molar-refractivity contribution in [2.24, 2.45) is 0 Å². The molecular formula is C50H27N5S. The predicted molar refractivity (Wildman–Crippen MR) is 236 cm³/mol. The summed E-state index contributed by atoms with van der Waals surface area (Å²) in [7, 11) is 0. The maximum atomic E-state index is 5.72. The Hall–Kier alpha value is -7.28. The van der Waals surface area contributed by atoms with E-state index in [1.54, 1.807) is 11.3 Å². The standard InChI is InChI=1S/C50H27N5S/c1-2-14-29-26-42-37(25-28(29)13-1)44-46-35(32-17-5-8-20-38(32)53(42)46)27-36-33-18-6-11-23-41(33)55(47(36)44)50-51-45-34-19-7-12-24-43(34)56-48(45)49(52-50)54-39-21-9-3-15-30(39)31-16-4-10-22-40(31)54/h1-27H. The van der Waals surface area contributed by atoms with E-state index < -0.39 is 0 Å². The Balaban J connectivity index is 1.23. The second-order valence-electron chi connectivity index (χ2n) is 15.0. The summed E-state index contributed by atoms with van der Waals surface area (Å²) in [6.45, 7) is 0. The fourth-order valence-corrected chi connectivity index (χ4v) is 11.0. The van der Waals surface area contributed by atoms with Crippen LogP contribution in [0.3, 0.4) is 0 Å². The van der Waals surface area contributed by atoms with E-state index in [4.69, 9.17) is 9.97 Å². The first-order chi connectivity index (χ1) is 27.8. The monoisotopic (exact) mass is 729 g/mol. The van der Waals surface area contributed by atoms with Gasteiger partial charge >= 0.3 is 0 Å². The average Bonchev–Trinajstić information content (AvgIpc) is 4.04. The zero-order valence-electron chi connectivity index (χ0n) is 29.7. The number of aromatic nitrogens is 5. The lowest BCUT2D eigenvalue weighted by atomic mass is 10.0. The van der Waals surface area contributed by atoms with Gasteiger partial charge in [0, 0.05) is 53.2 Å². The topological polar surface area (TPSA) is 40.0 Å². The summed E-state index contributed by atoms with van der Waals surface area (Å²) in [4.78, 5) is 11.3. The largest absolute Gasteiger partial charge is 0.308 e. The number of fused-ring (bicyclic) bond motifs is 17. The second kappa shape index (κ2) is 10.3. The summed E-state index contributed by atoms with van der Waals surface area (Å²) in [6, 6.07) is 59.6. The smallest absolute Gasteiger partial charge is 0.237 e. The zero-order chi connectivity index (χ0) is 36.2. The van der Waals surface area contributed by atoms with Gasteiger partial charge in [-0.15, -0.1) is 11.3 Å². The van der Waals surface area contributed by atoms with Gasteiger partial charge in [0.15, 0.2) is 5.82 Å². The van der Waals surface area contributed by atoms with Crippen molar-refractivity contribution in [2.45, 2.75) is 0 Å². The maximum absolute atomic E-state index is 5.72. The molecule has 5 nitrogen and oxygen atoms in total. The summed E-state index contributed by atoms with van der Waals surface area (Å²) in [5.74, 6) is 1.56. The first-order valence-electron chi connectivity index (χ1n) is 19.0. The molecule has 0 bridgehead atoms.